The molecule has 2 N–H and O–H groups in total. The van der Waals surface area contributed by atoms with Crippen LogP contribution in [-0.2, 0) is 9.47 Å². The standard InChI is InChI=1S/C23H25NO5/c1-16(25)21-9-6-18(23(24)26)15-22(21)29-20-7-4-17(5-8-20)3-2-12-28-19-10-13-27-14-11-19/h2-9,15,19H,10-14H2,1H3,(H2,24,26)/b3-2+. The molecule has 1 heterocycles. The minimum Gasteiger partial charge on any atom is -0.457 e. The summed E-state index contributed by atoms with van der Waals surface area (Å²) >= 11 is 0. The van der Waals surface area contributed by atoms with Crippen molar-refractivity contribution in [2.75, 3.05) is 19.8 Å². The van der Waals surface area contributed by atoms with Gasteiger partial charge in [-0.15, -0.1) is 0 Å². The van der Waals surface area contributed by atoms with E-state index in [2.05, 4.69) is 0 Å². The lowest BCUT2D eigenvalue weighted by molar-refractivity contribution is -0.0220. The van der Waals surface area contributed by atoms with E-state index in [1.807, 2.05) is 24.3 Å². The maximum absolute atomic E-state index is 11.8. The van der Waals surface area contributed by atoms with Gasteiger partial charge in [-0.2, -0.15) is 0 Å². The molecule has 2 aromatic rings. The number of primary amides is 1. The van der Waals surface area contributed by atoms with Crippen molar-refractivity contribution in [3.05, 3.63) is 65.2 Å². The van der Waals surface area contributed by atoms with E-state index >= 15 is 0 Å². The molecule has 152 valence electrons. The third kappa shape index (κ3) is 6.01. The highest BCUT2D eigenvalue weighted by Crippen LogP contribution is 2.27. The molecule has 1 fully saturated rings. The molecule has 1 aliphatic heterocycles. The maximum Gasteiger partial charge on any atom is 0.248 e. The van der Waals surface area contributed by atoms with E-state index in [9.17, 15) is 9.59 Å². The Morgan fingerprint density at radius 3 is 2.52 bits per heavy atom. The quantitative estimate of drug-likeness (QED) is 0.683. The van der Waals surface area contributed by atoms with Gasteiger partial charge in [-0.1, -0.05) is 24.3 Å². The average molecular weight is 395 g/mol. The number of rotatable bonds is 8. The van der Waals surface area contributed by atoms with E-state index in [4.69, 9.17) is 19.9 Å². The van der Waals surface area contributed by atoms with Gasteiger partial charge in [-0.3, -0.25) is 9.59 Å². The fraction of sp³-hybridized carbons (Fsp3) is 0.304. The van der Waals surface area contributed by atoms with Gasteiger partial charge in [0.1, 0.15) is 11.5 Å². The zero-order valence-electron chi connectivity index (χ0n) is 16.4. The summed E-state index contributed by atoms with van der Waals surface area (Å²) in [6, 6.07) is 12.0. The van der Waals surface area contributed by atoms with Gasteiger partial charge in [0.05, 0.1) is 18.3 Å². The number of ether oxygens (including phenoxy) is 3. The zero-order chi connectivity index (χ0) is 20.6. The van der Waals surface area contributed by atoms with Crippen LogP contribution in [0.4, 0.5) is 0 Å². The number of carbonyl (C=O) groups excluding carboxylic acids is 2. The summed E-state index contributed by atoms with van der Waals surface area (Å²) < 4.78 is 17.0. The van der Waals surface area contributed by atoms with Gasteiger partial charge < -0.3 is 19.9 Å². The van der Waals surface area contributed by atoms with Crippen molar-refractivity contribution in [2.24, 2.45) is 5.73 Å². The van der Waals surface area contributed by atoms with Crippen LogP contribution >= 0.6 is 0 Å². The first-order valence-electron chi connectivity index (χ1n) is 9.61. The summed E-state index contributed by atoms with van der Waals surface area (Å²) in [5.41, 5.74) is 7.01. The molecule has 1 aliphatic rings. The number of benzene rings is 2. The maximum atomic E-state index is 11.8. The van der Waals surface area contributed by atoms with Gasteiger partial charge in [0.2, 0.25) is 5.91 Å². The summed E-state index contributed by atoms with van der Waals surface area (Å²) in [5.74, 6) is 0.139. The first kappa shape index (κ1) is 20.8. The number of Topliss-reactive ketones (excluding diaryl/α,β-unsaturated/α-hetero) is 1. The van der Waals surface area contributed by atoms with Crippen molar-refractivity contribution in [2.45, 2.75) is 25.9 Å². The second-order valence-corrected chi connectivity index (χ2v) is 6.85. The predicted molar refractivity (Wildman–Crippen MR) is 110 cm³/mol. The molecule has 29 heavy (non-hydrogen) atoms. The second-order valence-electron chi connectivity index (χ2n) is 6.85. The highest BCUT2D eigenvalue weighted by molar-refractivity contribution is 5.99. The minimum absolute atomic E-state index is 0.153. The highest BCUT2D eigenvalue weighted by Gasteiger charge is 2.14. The van der Waals surface area contributed by atoms with Gasteiger partial charge >= 0.3 is 0 Å². The lowest BCUT2D eigenvalue weighted by atomic mass is 10.1. The summed E-state index contributed by atoms with van der Waals surface area (Å²) in [6.07, 6.45) is 6.13. The molecule has 0 unspecified atom stereocenters. The van der Waals surface area contributed by atoms with Crippen LogP contribution in [0.15, 0.2) is 48.5 Å². The minimum atomic E-state index is -0.576. The number of hydrogen-bond acceptors (Lipinski definition) is 5. The summed E-state index contributed by atoms with van der Waals surface area (Å²) in [6.45, 7) is 3.54. The van der Waals surface area contributed by atoms with Gasteiger partial charge in [-0.05, 0) is 55.7 Å². The Morgan fingerprint density at radius 2 is 1.86 bits per heavy atom. The monoisotopic (exact) mass is 395 g/mol. The second kappa shape index (κ2) is 10.0. The molecule has 0 aromatic heterocycles. The number of amides is 1. The molecule has 0 saturated carbocycles. The molecule has 0 atom stereocenters. The molecule has 1 saturated heterocycles. The predicted octanol–water partition coefficient (Wildman–Crippen LogP) is 3.99. The van der Waals surface area contributed by atoms with Crippen molar-refractivity contribution in [3.8, 4) is 11.5 Å². The van der Waals surface area contributed by atoms with Crippen molar-refractivity contribution >= 4 is 17.8 Å². The SMILES string of the molecule is CC(=O)c1ccc(C(N)=O)cc1Oc1ccc(/C=C/COC2CCOCC2)cc1. The van der Waals surface area contributed by atoms with Gasteiger partial charge in [0.15, 0.2) is 5.78 Å². The van der Waals surface area contributed by atoms with Crippen LogP contribution < -0.4 is 10.5 Å². The Bertz CT molecular complexity index is 883. The van der Waals surface area contributed by atoms with E-state index < -0.39 is 5.91 Å². The number of nitrogens with two attached hydrogens (primary N) is 1. The van der Waals surface area contributed by atoms with Gasteiger partial charge in [-0.25, -0.2) is 0 Å². The van der Waals surface area contributed by atoms with E-state index in [-0.39, 0.29) is 17.5 Å². The Hall–Kier alpha value is -2.96. The van der Waals surface area contributed by atoms with Crippen LogP contribution in [0.2, 0.25) is 0 Å². The van der Waals surface area contributed by atoms with Crippen LogP contribution in [0.1, 0.15) is 46.0 Å². The van der Waals surface area contributed by atoms with E-state index in [1.165, 1.54) is 19.1 Å². The Morgan fingerprint density at radius 1 is 1.14 bits per heavy atom. The summed E-state index contributed by atoms with van der Waals surface area (Å²) in [7, 11) is 0. The molecule has 2 aromatic carbocycles. The molecule has 0 spiro atoms. The Labute approximate surface area is 170 Å². The molecule has 0 radical (unpaired) electrons. The van der Waals surface area contributed by atoms with Crippen molar-refractivity contribution in [3.63, 3.8) is 0 Å². The molecule has 1 amide bonds. The lowest BCUT2D eigenvalue weighted by Crippen LogP contribution is -2.23. The van der Waals surface area contributed by atoms with Crippen molar-refractivity contribution in [1.82, 2.24) is 0 Å². The molecule has 6 heteroatoms. The van der Waals surface area contributed by atoms with Crippen molar-refractivity contribution in [1.29, 1.82) is 0 Å². The first-order chi connectivity index (χ1) is 14.0. The first-order valence-corrected chi connectivity index (χ1v) is 9.61. The lowest BCUT2D eigenvalue weighted by Gasteiger charge is -2.21. The molecule has 0 bridgehead atoms. The van der Waals surface area contributed by atoms with Crippen LogP contribution in [0.5, 0.6) is 11.5 Å². The molecule has 0 aliphatic carbocycles. The van der Waals surface area contributed by atoms with Crippen LogP contribution in [-0.4, -0.2) is 37.6 Å². The molecular formula is C23H25NO5. The normalized spacial score (nSPS) is 14.8. The van der Waals surface area contributed by atoms with Crippen LogP contribution in [0.3, 0.4) is 0 Å². The smallest absolute Gasteiger partial charge is 0.248 e. The van der Waals surface area contributed by atoms with E-state index in [1.54, 1.807) is 18.2 Å². The van der Waals surface area contributed by atoms with Crippen LogP contribution in [0.25, 0.3) is 6.08 Å². The third-order valence-electron chi connectivity index (χ3n) is 4.66. The Kier molecular flexibility index (Phi) is 7.16. The number of hydrogen-bond donors (Lipinski definition) is 1. The molecule has 3 rings (SSSR count). The van der Waals surface area contributed by atoms with Gasteiger partial charge in [0.25, 0.3) is 0 Å². The fourth-order valence-corrected chi connectivity index (χ4v) is 3.04. The number of ketones is 1. The molecule has 6 nitrogen and oxygen atoms in total. The summed E-state index contributed by atoms with van der Waals surface area (Å²) in [5, 5.41) is 0. The largest absolute Gasteiger partial charge is 0.457 e. The van der Waals surface area contributed by atoms with Gasteiger partial charge in [0, 0.05) is 18.8 Å². The fourth-order valence-electron chi connectivity index (χ4n) is 3.04. The zero-order valence-corrected chi connectivity index (χ0v) is 16.4. The highest BCUT2D eigenvalue weighted by atomic mass is 16.5. The number of carbonyl (C=O) groups is 2. The summed E-state index contributed by atoms with van der Waals surface area (Å²) in [4.78, 5) is 23.2. The average Bonchev–Trinajstić information content (AvgIpc) is 2.73. The van der Waals surface area contributed by atoms with E-state index in [0.29, 0.717) is 23.7 Å². The topological polar surface area (TPSA) is 87.9 Å². The Balaban J connectivity index is 1.61. The van der Waals surface area contributed by atoms with Crippen molar-refractivity contribution < 1.29 is 23.8 Å². The van der Waals surface area contributed by atoms with E-state index in [0.717, 1.165) is 31.6 Å². The molecular weight excluding hydrogens is 370 g/mol. The van der Waals surface area contributed by atoms with Crippen LogP contribution in [0, 0.1) is 0 Å². The third-order valence-corrected chi connectivity index (χ3v) is 4.66.